The van der Waals surface area contributed by atoms with Crippen LogP contribution >= 0.6 is 0 Å². The van der Waals surface area contributed by atoms with E-state index in [-0.39, 0.29) is 23.8 Å². The minimum absolute atomic E-state index is 0.102. The molecule has 10 heteroatoms. The van der Waals surface area contributed by atoms with Gasteiger partial charge in [-0.05, 0) is 19.1 Å². The summed E-state index contributed by atoms with van der Waals surface area (Å²) >= 11 is 0. The van der Waals surface area contributed by atoms with Crippen LogP contribution in [0.15, 0.2) is 30.3 Å². The first-order valence-electron chi connectivity index (χ1n) is 7.11. The lowest BCUT2D eigenvalue weighted by molar-refractivity contribution is -0.137. The smallest absolute Gasteiger partial charge is 0.416 e. The molecule has 0 radical (unpaired) electrons. The highest BCUT2D eigenvalue weighted by Crippen LogP contribution is 2.31. The van der Waals surface area contributed by atoms with Crippen molar-refractivity contribution in [3.8, 4) is 17.3 Å². The molecule has 0 saturated heterocycles. The van der Waals surface area contributed by atoms with Gasteiger partial charge in [0.25, 0.3) is 5.82 Å². The van der Waals surface area contributed by atoms with Gasteiger partial charge < -0.3 is 9.84 Å². The zero-order chi connectivity index (χ0) is 18.2. The SMILES string of the molecule is CCOC(=O)c1nc2cc(-c3ccc(C(F)(F)F)cc3)nc(O)n2n1. The fraction of sp³-hybridized carbons (Fsp3) is 0.200. The summed E-state index contributed by atoms with van der Waals surface area (Å²) in [6.45, 7) is 1.75. The number of halogens is 3. The van der Waals surface area contributed by atoms with Crippen LogP contribution in [-0.2, 0) is 10.9 Å². The second-order valence-corrected chi connectivity index (χ2v) is 4.94. The van der Waals surface area contributed by atoms with Crippen molar-refractivity contribution < 1.29 is 27.8 Å². The van der Waals surface area contributed by atoms with Gasteiger partial charge in [-0.1, -0.05) is 12.1 Å². The first kappa shape index (κ1) is 16.7. The predicted octanol–water partition coefficient (Wildman–Crippen LogP) is 2.69. The first-order chi connectivity index (χ1) is 11.8. The van der Waals surface area contributed by atoms with Gasteiger partial charge in [0.1, 0.15) is 0 Å². The summed E-state index contributed by atoms with van der Waals surface area (Å²) in [6, 6.07) is 5.10. The summed E-state index contributed by atoms with van der Waals surface area (Å²) in [7, 11) is 0. The molecule has 3 rings (SSSR count). The monoisotopic (exact) mass is 352 g/mol. The van der Waals surface area contributed by atoms with E-state index >= 15 is 0 Å². The average molecular weight is 352 g/mol. The van der Waals surface area contributed by atoms with Crippen molar-refractivity contribution in [3.05, 3.63) is 41.7 Å². The van der Waals surface area contributed by atoms with Gasteiger partial charge >= 0.3 is 18.2 Å². The number of benzene rings is 1. The van der Waals surface area contributed by atoms with Gasteiger partial charge in [-0.25, -0.2) is 9.78 Å². The zero-order valence-corrected chi connectivity index (χ0v) is 12.8. The van der Waals surface area contributed by atoms with Gasteiger partial charge in [0, 0.05) is 11.6 Å². The van der Waals surface area contributed by atoms with Crippen LogP contribution in [0.25, 0.3) is 16.9 Å². The molecule has 2 heterocycles. The Morgan fingerprint density at radius 2 is 1.92 bits per heavy atom. The lowest BCUT2D eigenvalue weighted by Crippen LogP contribution is -2.07. The molecule has 130 valence electrons. The Balaban J connectivity index is 2.01. The predicted molar refractivity (Wildman–Crippen MR) is 78.8 cm³/mol. The van der Waals surface area contributed by atoms with Crippen molar-refractivity contribution in [2.24, 2.45) is 0 Å². The Kier molecular flexibility index (Phi) is 4.03. The van der Waals surface area contributed by atoms with Crippen molar-refractivity contribution in [2.75, 3.05) is 6.61 Å². The Morgan fingerprint density at radius 3 is 2.52 bits per heavy atom. The highest BCUT2D eigenvalue weighted by atomic mass is 19.4. The Labute approximate surface area is 138 Å². The summed E-state index contributed by atoms with van der Waals surface area (Å²) in [6.07, 6.45) is -4.44. The molecule has 0 aliphatic rings. The summed E-state index contributed by atoms with van der Waals surface area (Å²) in [5, 5.41) is 13.7. The molecule has 0 unspecified atom stereocenters. The van der Waals surface area contributed by atoms with Crippen LogP contribution in [0.1, 0.15) is 23.1 Å². The van der Waals surface area contributed by atoms with E-state index in [9.17, 15) is 23.1 Å². The van der Waals surface area contributed by atoms with E-state index in [1.165, 1.54) is 18.2 Å². The molecular weight excluding hydrogens is 341 g/mol. The molecular formula is C15H11F3N4O3. The summed E-state index contributed by atoms with van der Waals surface area (Å²) in [5.41, 5.74) is -0.174. The minimum Gasteiger partial charge on any atom is -0.479 e. The third kappa shape index (κ3) is 3.23. The normalized spacial score (nSPS) is 11.7. The van der Waals surface area contributed by atoms with Crippen LogP contribution in [0.3, 0.4) is 0 Å². The Hall–Kier alpha value is -3.17. The van der Waals surface area contributed by atoms with Crippen LogP contribution < -0.4 is 0 Å². The topological polar surface area (TPSA) is 89.6 Å². The maximum atomic E-state index is 12.6. The van der Waals surface area contributed by atoms with Gasteiger partial charge in [0.15, 0.2) is 5.65 Å². The van der Waals surface area contributed by atoms with Crippen LogP contribution in [0.5, 0.6) is 6.01 Å². The number of fused-ring (bicyclic) bond motifs is 1. The molecule has 0 bridgehead atoms. The molecule has 7 nitrogen and oxygen atoms in total. The summed E-state index contributed by atoms with van der Waals surface area (Å²) in [5.74, 6) is -1.02. The Morgan fingerprint density at radius 1 is 1.24 bits per heavy atom. The largest absolute Gasteiger partial charge is 0.479 e. The molecule has 0 aliphatic carbocycles. The quantitative estimate of drug-likeness (QED) is 0.729. The molecule has 3 aromatic rings. The standard InChI is InChI=1S/C15H11F3N4O3/c1-2-25-13(23)12-20-11-7-10(19-14(24)22(11)21-12)8-3-5-9(6-4-8)15(16,17)18/h3-7H,2H2,1H3,(H,19,24). The van der Waals surface area contributed by atoms with E-state index in [0.717, 1.165) is 16.6 Å². The van der Waals surface area contributed by atoms with Gasteiger partial charge in [-0.2, -0.15) is 22.7 Å². The third-order valence-electron chi connectivity index (χ3n) is 3.27. The second kappa shape index (κ2) is 6.04. The maximum Gasteiger partial charge on any atom is 0.416 e. The van der Waals surface area contributed by atoms with Crippen LogP contribution in [0.4, 0.5) is 13.2 Å². The van der Waals surface area contributed by atoms with Gasteiger partial charge in [-0.15, -0.1) is 5.10 Å². The van der Waals surface area contributed by atoms with Crippen molar-refractivity contribution in [2.45, 2.75) is 13.1 Å². The fourth-order valence-electron chi connectivity index (χ4n) is 2.13. The van der Waals surface area contributed by atoms with E-state index in [0.29, 0.717) is 5.56 Å². The Bertz CT molecular complexity index is 936. The second-order valence-electron chi connectivity index (χ2n) is 4.94. The maximum absolute atomic E-state index is 12.6. The fourth-order valence-corrected chi connectivity index (χ4v) is 2.13. The molecule has 0 atom stereocenters. The van der Waals surface area contributed by atoms with Crippen molar-refractivity contribution in [3.63, 3.8) is 0 Å². The van der Waals surface area contributed by atoms with E-state index in [1.54, 1.807) is 6.92 Å². The number of carbonyl (C=O) groups is 1. The molecule has 1 aromatic carbocycles. The van der Waals surface area contributed by atoms with Crippen LogP contribution in [-0.4, -0.2) is 37.3 Å². The molecule has 0 spiro atoms. The molecule has 0 saturated carbocycles. The molecule has 0 aliphatic heterocycles. The average Bonchev–Trinajstić information content (AvgIpc) is 2.99. The molecule has 0 fully saturated rings. The lowest BCUT2D eigenvalue weighted by Gasteiger charge is -2.07. The minimum atomic E-state index is -4.44. The van der Waals surface area contributed by atoms with Crippen molar-refractivity contribution in [1.82, 2.24) is 19.6 Å². The van der Waals surface area contributed by atoms with Crippen LogP contribution in [0.2, 0.25) is 0 Å². The molecule has 2 aromatic heterocycles. The molecule has 1 N–H and O–H groups in total. The third-order valence-corrected chi connectivity index (χ3v) is 3.27. The highest BCUT2D eigenvalue weighted by molar-refractivity contribution is 5.86. The highest BCUT2D eigenvalue weighted by Gasteiger charge is 2.30. The zero-order valence-electron chi connectivity index (χ0n) is 12.8. The number of esters is 1. The van der Waals surface area contributed by atoms with Crippen molar-refractivity contribution >= 4 is 11.6 Å². The number of nitrogens with zero attached hydrogens (tertiary/aromatic N) is 4. The molecule has 25 heavy (non-hydrogen) atoms. The lowest BCUT2D eigenvalue weighted by atomic mass is 10.1. The van der Waals surface area contributed by atoms with Gasteiger partial charge in [0.05, 0.1) is 17.9 Å². The number of aromatic nitrogens is 4. The van der Waals surface area contributed by atoms with Gasteiger partial charge in [0.2, 0.25) is 0 Å². The number of rotatable bonds is 3. The molecule has 0 amide bonds. The number of aromatic hydroxyl groups is 1. The van der Waals surface area contributed by atoms with E-state index < -0.39 is 23.7 Å². The first-order valence-corrected chi connectivity index (χ1v) is 7.11. The number of carbonyl (C=O) groups excluding carboxylic acids is 1. The summed E-state index contributed by atoms with van der Waals surface area (Å²) in [4.78, 5) is 19.4. The number of ether oxygens (including phenoxy) is 1. The van der Waals surface area contributed by atoms with Gasteiger partial charge in [-0.3, -0.25) is 0 Å². The summed E-state index contributed by atoms with van der Waals surface area (Å²) < 4.78 is 43.5. The van der Waals surface area contributed by atoms with E-state index in [1.807, 2.05) is 0 Å². The number of hydrogen-bond acceptors (Lipinski definition) is 6. The number of alkyl halides is 3. The number of hydrogen-bond donors (Lipinski definition) is 1. The van der Waals surface area contributed by atoms with E-state index in [2.05, 4.69) is 15.1 Å². The van der Waals surface area contributed by atoms with Crippen molar-refractivity contribution in [1.29, 1.82) is 0 Å². The van der Waals surface area contributed by atoms with Crippen LogP contribution in [0, 0.1) is 0 Å². The van der Waals surface area contributed by atoms with E-state index in [4.69, 9.17) is 4.74 Å².